The van der Waals surface area contributed by atoms with Crippen LogP contribution in [-0.4, -0.2) is 68.4 Å². The number of hydrogen-bond donors (Lipinski definition) is 3. The molecule has 9 nitrogen and oxygen atoms in total. The van der Waals surface area contributed by atoms with Gasteiger partial charge in [-0.2, -0.15) is 13.2 Å². The highest BCUT2D eigenvalue weighted by molar-refractivity contribution is 6.04. The molecule has 6 rings (SSSR count). The number of alkyl halides is 3. The van der Waals surface area contributed by atoms with Gasteiger partial charge in [0.2, 0.25) is 0 Å². The van der Waals surface area contributed by atoms with E-state index in [2.05, 4.69) is 37.3 Å². The molecule has 0 spiro atoms. The summed E-state index contributed by atoms with van der Waals surface area (Å²) in [5.41, 5.74) is 2.52. The van der Waals surface area contributed by atoms with E-state index in [1.807, 2.05) is 47.7 Å². The molecule has 5 aromatic rings. The number of imidazole rings is 1. The van der Waals surface area contributed by atoms with Gasteiger partial charge in [-0.3, -0.25) is 14.1 Å². The Kier molecular flexibility index (Phi) is 9.67. The molecular weight excluding hydrogens is 643 g/mol. The molecule has 258 valence electrons. The quantitative estimate of drug-likeness (QED) is 0.171. The van der Waals surface area contributed by atoms with Gasteiger partial charge in [-0.1, -0.05) is 24.1 Å². The number of carbonyl (C=O) groups excluding carboxylic acids is 1. The van der Waals surface area contributed by atoms with Crippen molar-refractivity contribution in [2.24, 2.45) is 0 Å². The zero-order valence-electron chi connectivity index (χ0n) is 28.3. The number of aromatic nitrogens is 3. The van der Waals surface area contributed by atoms with Gasteiger partial charge in [0.25, 0.3) is 5.91 Å². The first-order valence-corrected chi connectivity index (χ1v) is 16.2. The minimum absolute atomic E-state index is 0.0646. The van der Waals surface area contributed by atoms with E-state index in [0.29, 0.717) is 47.2 Å². The summed E-state index contributed by atoms with van der Waals surface area (Å²) >= 11 is 0. The van der Waals surface area contributed by atoms with Crippen molar-refractivity contribution in [2.75, 3.05) is 43.9 Å². The SMILES string of the molecule is Cc1ccc(C(=O)Nc2ccc(CN3CCN(C)CC3)c(C(F)(F)F)c2)cc1C#Cc1cnc2c(Nc3cccc(C(C)(C)O)n3)cccn12. The van der Waals surface area contributed by atoms with Crippen molar-refractivity contribution in [3.05, 3.63) is 118 Å². The average molecular weight is 682 g/mol. The van der Waals surface area contributed by atoms with E-state index in [9.17, 15) is 23.1 Å². The number of fused-ring (bicyclic) bond motifs is 1. The number of likely N-dealkylation sites (N-methyl/N-ethyl adjacent to an activating group) is 1. The Morgan fingerprint density at radius 2 is 1.76 bits per heavy atom. The summed E-state index contributed by atoms with van der Waals surface area (Å²) in [5.74, 6) is 6.28. The molecule has 1 fully saturated rings. The fourth-order valence-corrected chi connectivity index (χ4v) is 5.72. The summed E-state index contributed by atoms with van der Waals surface area (Å²) in [7, 11) is 2.00. The number of aliphatic hydroxyl groups is 1. The second-order valence-electron chi connectivity index (χ2n) is 13.0. The number of pyridine rings is 2. The smallest absolute Gasteiger partial charge is 0.384 e. The van der Waals surface area contributed by atoms with Crippen LogP contribution in [0.5, 0.6) is 0 Å². The molecule has 0 unspecified atom stereocenters. The molecule has 1 amide bonds. The number of halogens is 3. The number of nitrogens with zero attached hydrogens (tertiary/aromatic N) is 5. The Morgan fingerprint density at radius 3 is 2.50 bits per heavy atom. The van der Waals surface area contributed by atoms with Crippen LogP contribution >= 0.6 is 0 Å². The first kappa shape index (κ1) is 34.6. The number of nitrogens with one attached hydrogen (secondary N) is 2. The number of rotatable bonds is 7. The lowest BCUT2D eigenvalue weighted by atomic mass is 10.0. The maximum Gasteiger partial charge on any atom is 0.416 e. The molecule has 3 N–H and O–H groups in total. The summed E-state index contributed by atoms with van der Waals surface area (Å²) in [6.07, 6.45) is -1.09. The van der Waals surface area contributed by atoms with Crippen molar-refractivity contribution in [3.63, 3.8) is 0 Å². The van der Waals surface area contributed by atoms with Crippen molar-refractivity contribution in [1.82, 2.24) is 24.2 Å². The van der Waals surface area contributed by atoms with E-state index in [0.717, 1.165) is 24.7 Å². The predicted molar refractivity (Wildman–Crippen MR) is 187 cm³/mol. The molecule has 50 heavy (non-hydrogen) atoms. The molecule has 12 heteroatoms. The minimum Gasteiger partial charge on any atom is -0.384 e. The van der Waals surface area contributed by atoms with Gasteiger partial charge in [-0.25, -0.2) is 9.97 Å². The van der Waals surface area contributed by atoms with Crippen LogP contribution in [0.1, 0.15) is 57.8 Å². The average Bonchev–Trinajstić information content (AvgIpc) is 3.49. The fraction of sp³-hybridized carbons (Fsp3) is 0.289. The normalized spacial score (nSPS) is 14.3. The highest BCUT2D eigenvalue weighted by Crippen LogP contribution is 2.35. The molecule has 1 aliphatic heterocycles. The molecule has 0 bridgehead atoms. The Balaban J connectivity index is 1.20. The lowest BCUT2D eigenvalue weighted by Gasteiger charge is -2.33. The molecule has 1 aliphatic rings. The number of aryl methyl sites for hydroxylation is 1. The van der Waals surface area contributed by atoms with E-state index in [1.165, 1.54) is 12.1 Å². The molecule has 0 radical (unpaired) electrons. The number of anilines is 3. The van der Waals surface area contributed by atoms with Gasteiger partial charge in [0.15, 0.2) is 5.65 Å². The van der Waals surface area contributed by atoms with Crippen molar-refractivity contribution in [1.29, 1.82) is 0 Å². The summed E-state index contributed by atoms with van der Waals surface area (Å²) in [6, 6.07) is 18.1. The lowest BCUT2D eigenvalue weighted by molar-refractivity contribution is -0.138. The largest absolute Gasteiger partial charge is 0.416 e. The van der Waals surface area contributed by atoms with Crippen molar-refractivity contribution in [3.8, 4) is 11.8 Å². The molecular formula is C38H38F3N7O2. The highest BCUT2D eigenvalue weighted by Gasteiger charge is 2.34. The Bertz CT molecular complexity index is 2100. The summed E-state index contributed by atoms with van der Waals surface area (Å²) in [6.45, 7) is 8.38. The van der Waals surface area contributed by atoms with E-state index < -0.39 is 23.2 Å². The summed E-state index contributed by atoms with van der Waals surface area (Å²) in [5, 5.41) is 16.3. The number of hydrogen-bond acceptors (Lipinski definition) is 7. The number of piperazine rings is 1. The van der Waals surface area contributed by atoms with Crippen molar-refractivity contribution in [2.45, 2.75) is 39.1 Å². The number of amides is 1. The van der Waals surface area contributed by atoms with Gasteiger partial charge < -0.3 is 20.6 Å². The zero-order valence-corrected chi connectivity index (χ0v) is 28.3. The fourth-order valence-electron chi connectivity index (χ4n) is 5.72. The zero-order chi connectivity index (χ0) is 35.6. The van der Waals surface area contributed by atoms with Crippen LogP contribution < -0.4 is 10.6 Å². The van der Waals surface area contributed by atoms with E-state index in [1.54, 1.807) is 50.4 Å². The molecule has 0 atom stereocenters. The second kappa shape index (κ2) is 14.0. The van der Waals surface area contributed by atoms with Crippen LogP contribution in [-0.2, 0) is 18.3 Å². The maximum atomic E-state index is 14.1. The molecule has 4 heterocycles. The maximum absolute atomic E-state index is 14.1. The van der Waals surface area contributed by atoms with Gasteiger partial charge in [-0.15, -0.1) is 0 Å². The van der Waals surface area contributed by atoms with Crippen LogP contribution in [0.2, 0.25) is 0 Å². The predicted octanol–water partition coefficient (Wildman–Crippen LogP) is 6.43. The standard InChI is InChI=1S/C38H38F3N7O2/c1-25-10-11-27(36(49)43-29-14-12-28(31(22-29)38(39,40)41)24-47-19-17-46(4)18-20-47)21-26(25)13-15-30-23-42-35-32(7-6-16-48(30)35)44-34-9-5-8-33(45-34)37(2,3)50/h5-12,14,16,21-23,50H,17-20,24H2,1-4H3,(H,43,49)(H,44,45). The van der Waals surface area contributed by atoms with Crippen LogP contribution in [0.3, 0.4) is 0 Å². The van der Waals surface area contributed by atoms with Gasteiger partial charge in [-0.05, 0) is 93.4 Å². The van der Waals surface area contributed by atoms with Crippen molar-refractivity contribution >= 4 is 28.7 Å². The molecule has 0 aliphatic carbocycles. The van der Waals surface area contributed by atoms with E-state index in [4.69, 9.17) is 0 Å². The lowest BCUT2D eigenvalue weighted by Crippen LogP contribution is -2.44. The van der Waals surface area contributed by atoms with Crippen LogP contribution in [0.25, 0.3) is 5.65 Å². The summed E-state index contributed by atoms with van der Waals surface area (Å²) in [4.78, 5) is 26.5. The Morgan fingerprint density at radius 1 is 0.980 bits per heavy atom. The second-order valence-corrected chi connectivity index (χ2v) is 13.0. The van der Waals surface area contributed by atoms with E-state index in [-0.39, 0.29) is 23.4 Å². The van der Waals surface area contributed by atoms with Gasteiger partial charge in [0.1, 0.15) is 17.1 Å². The van der Waals surface area contributed by atoms with Gasteiger partial charge in [0.05, 0.1) is 23.1 Å². The van der Waals surface area contributed by atoms with Crippen LogP contribution in [0.4, 0.5) is 30.4 Å². The Hall–Kier alpha value is -5.22. The van der Waals surface area contributed by atoms with Gasteiger partial charge in [0, 0.05) is 55.7 Å². The number of carbonyl (C=O) groups is 1. The van der Waals surface area contributed by atoms with Crippen LogP contribution in [0, 0.1) is 18.8 Å². The van der Waals surface area contributed by atoms with Crippen LogP contribution in [0.15, 0.2) is 79.1 Å². The first-order valence-electron chi connectivity index (χ1n) is 16.2. The first-order chi connectivity index (χ1) is 23.7. The number of benzene rings is 2. The third-order valence-corrected chi connectivity index (χ3v) is 8.66. The van der Waals surface area contributed by atoms with Gasteiger partial charge >= 0.3 is 6.18 Å². The monoisotopic (exact) mass is 681 g/mol. The summed E-state index contributed by atoms with van der Waals surface area (Å²) < 4.78 is 44.1. The highest BCUT2D eigenvalue weighted by atomic mass is 19.4. The molecule has 0 saturated carbocycles. The van der Waals surface area contributed by atoms with Crippen molar-refractivity contribution < 1.29 is 23.1 Å². The minimum atomic E-state index is -4.57. The third-order valence-electron chi connectivity index (χ3n) is 8.66. The molecule has 3 aromatic heterocycles. The third kappa shape index (κ3) is 7.97. The molecule has 2 aromatic carbocycles. The van der Waals surface area contributed by atoms with E-state index >= 15 is 0 Å². The molecule has 1 saturated heterocycles. The topological polar surface area (TPSA) is 98.0 Å². The Labute approximate surface area is 288 Å².